The zero-order valence-electron chi connectivity index (χ0n) is 18.4. The average molecular weight is 435 g/mol. The second-order valence-electron chi connectivity index (χ2n) is 8.21. The minimum atomic E-state index is -1.09. The summed E-state index contributed by atoms with van der Waals surface area (Å²) in [5.41, 5.74) is 1.95. The number of methoxy groups -OCH3 is 1. The molecule has 1 aliphatic rings. The molecule has 0 aliphatic carbocycles. The highest BCUT2D eigenvalue weighted by Gasteiger charge is 2.45. The van der Waals surface area contributed by atoms with Crippen LogP contribution < -0.4 is 0 Å². The second kappa shape index (κ2) is 9.94. The van der Waals surface area contributed by atoms with Gasteiger partial charge >= 0.3 is 0 Å². The highest BCUT2D eigenvalue weighted by molar-refractivity contribution is 5.47. The van der Waals surface area contributed by atoms with E-state index in [-0.39, 0.29) is 12.5 Å². The van der Waals surface area contributed by atoms with Gasteiger partial charge in [0.25, 0.3) is 0 Å². The predicted octanol–water partition coefficient (Wildman–Crippen LogP) is 3.72. The van der Waals surface area contributed by atoms with Crippen LogP contribution in [-0.2, 0) is 19.8 Å². The number of aliphatic hydroxyl groups excluding tert-OH is 2. The molecule has 0 bridgehead atoms. The molecule has 5 atom stereocenters. The summed E-state index contributed by atoms with van der Waals surface area (Å²) in [4.78, 5) is 0. The molecular formula is C27H30O5. The number of hydrogen-bond acceptors (Lipinski definition) is 5. The van der Waals surface area contributed by atoms with Crippen molar-refractivity contribution in [2.45, 2.75) is 37.1 Å². The Labute approximate surface area is 189 Å². The lowest BCUT2D eigenvalue weighted by Crippen LogP contribution is -2.56. The van der Waals surface area contributed by atoms with Crippen molar-refractivity contribution in [2.24, 2.45) is 5.92 Å². The maximum atomic E-state index is 10.7. The fourth-order valence-electron chi connectivity index (χ4n) is 4.45. The van der Waals surface area contributed by atoms with Crippen molar-refractivity contribution < 1.29 is 24.4 Å². The molecule has 5 nitrogen and oxygen atoms in total. The van der Waals surface area contributed by atoms with Crippen LogP contribution in [0.25, 0.3) is 0 Å². The van der Waals surface area contributed by atoms with Gasteiger partial charge in [0, 0.05) is 13.0 Å². The summed E-state index contributed by atoms with van der Waals surface area (Å²) < 4.78 is 18.1. The Balaban J connectivity index is 1.77. The van der Waals surface area contributed by atoms with Gasteiger partial charge in [0.05, 0.1) is 12.7 Å². The van der Waals surface area contributed by atoms with Gasteiger partial charge in [-0.3, -0.25) is 0 Å². The molecule has 0 unspecified atom stereocenters. The molecule has 0 aromatic heterocycles. The van der Waals surface area contributed by atoms with E-state index in [9.17, 15) is 10.2 Å². The Morgan fingerprint density at radius 1 is 0.750 bits per heavy atom. The summed E-state index contributed by atoms with van der Waals surface area (Å²) in [6.07, 6.45) is -3.43. The monoisotopic (exact) mass is 434 g/mol. The average Bonchev–Trinajstić information content (AvgIpc) is 2.86. The molecule has 3 aromatic rings. The van der Waals surface area contributed by atoms with Gasteiger partial charge in [0.2, 0.25) is 0 Å². The Morgan fingerprint density at radius 3 is 1.59 bits per heavy atom. The third-order valence-electron chi connectivity index (χ3n) is 6.25. The van der Waals surface area contributed by atoms with Crippen molar-refractivity contribution >= 4 is 0 Å². The lowest BCUT2D eigenvalue weighted by atomic mass is 9.80. The fraction of sp³-hybridized carbons (Fsp3) is 0.333. The molecule has 1 saturated heterocycles. The van der Waals surface area contributed by atoms with Crippen molar-refractivity contribution in [3.05, 3.63) is 108 Å². The quantitative estimate of drug-likeness (QED) is 0.555. The van der Waals surface area contributed by atoms with Crippen molar-refractivity contribution in [3.63, 3.8) is 0 Å². The van der Waals surface area contributed by atoms with E-state index in [1.165, 1.54) is 7.11 Å². The van der Waals surface area contributed by atoms with Crippen LogP contribution in [0.5, 0.6) is 0 Å². The van der Waals surface area contributed by atoms with E-state index in [2.05, 4.69) is 0 Å². The van der Waals surface area contributed by atoms with Gasteiger partial charge in [-0.2, -0.15) is 0 Å². The largest absolute Gasteiger partial charge is 0.390 e. The molecule has 2 N–H and O–H groups in total. The van der Waals surface area contributed by atoms with Crippen LogP contribution in [0.3, 0.4) is 0 Å². The zero-order valence-corrected chi connectivity index (χ0v) is 18.4. The van der Waals surface area contributed by atoms with Crippen molar-refractivity contribution in [1.29, 1.82) is 0 Å². The molecule has 0 spiro atoms. The van der Waals surface area contributed by atoms with E-state index in [0.717, 1.165) is 16.7 Å². The molecular weight excluding hydrogens is 404 g/mol. The molecule has 1 heterocycles. The van der Waals surface area contributed by atoms with Crippen LogP contribution in [0, 0.1) is 5.92 Å². The second-order valence-corrected chi connectivity index (χ2v) is 8.21. The summed E-state index contributed by atoms with van der Waals surface area (Å²) in [6.45, 7) is 1.85. The molecule has 32 heavy (non-hydrogen) atoms. The van der Waals surface area contributed by atoms with E-state index in [0.29, 0.717) is 0 Å². The van der Waals surface area contributed by atoms with Crippen LogP contribution in [-0.4, -0.2) is 48.5 Å². The molecule has 3 aromatic carbocycles. The molecule has 0 radical (unpaired) electrons. The third-order valence-corrected chi connectivity index (χ3v) is 6.25. The summed E-state index contributed by atoms with van der Waals surface area (Å²) in [5, 5.41) is 21.3. The maximum absolute atomic E-state index is 10.7. The number of hydrogen-bond donors (Lipinski definition) is 2. The van der Waals surface area contributed by atoms with Gasteiger partial charge in [0.1, 0.15) is 17.8 Å². The fourth-order valence-corrected chi connectivity index (χ4v) is 4.45. The first-order valence-corrected chi connectivity index (χ1v) is 10.9. The van der Waals surface area contributed by atoms with Crippen LogP contribution in [0.4, 0.5) is 0 Å². The van der Waals surface area contributed by atoms with Crippen molar-refractivity contribution in [3.8, 4) is 0 Å². The molecule has 1 aliphatic heterocycles. The van der Waals surface area contributed by atoms with Gasteiger partial charge in [-0.1, -0.05) is 97.9 Å². The molecule has 0 amide bonds. The molecule has 0 saturated carbocycles. The number of ether oxygens (including phenoxy) is 3. The Kier molecular flexibility index (Phi) is 7.04. The predicted molar refractivity (Wildman–Crippen MR) is 122 cm³/mol. The maximum Gasteiger partial charge on any atom is 0.162 e. The minimum Gasteiger partial charge on any atom is -0.390 e. The van der Waals surface area contributed by atoms with Gasteiger partial charge in [0.15, 0.2) is 6.29 Å². The standard InChI is InChI=1S/C27H30O5/c1-19-24(28)25(29)23(32-26(19)30-2)18-31-27(20-12-6-3-7-13-20,21-14-8-4-9-15-21)22-16-10-5-11-17-22/h3-17,19,23-26,28-29H,18H2,1-2H3/t19-,23+,24-,25+,26-/m0/s1. The first-order chi connectivity index (χ1) is 15.6. The Morgan fingerprint density at radius 2 is 1.19 bits per heavy atom. The van der Waals surface area contributed by atoms with Gasteiger partial charge in [-0.05, 0) is 16.7 Å². The summed E-state index contributed by atoms with van der Waals surface area (Å²) in [5.74, 6) is -0.353. The van der Waals surface area contributed by atoms with Crippen LogP contribution in [0.1, 0.15) is 23.6 Å². The lowest BCUT2D eigenvalue weighted by Gasteiger charge is -2.43. The lowest BCUT2D eigenvalue weighted by molar-refractivity contribution is -0.280. The highest BCUT2D eigenvalue weighted by atomic mass is 16.7. The third kappa shape index (κ3) is 4.22. The van der Waals surface area contributed by atoms with E-state index in [4.69, 9.17) is 14.2 Å². The minimum absolute atomic E-state index is 0.0590. The molecule has 1 fully saturated rings. The van der Waals surface area contributed by atoms with Crippen molar-refractivity contribution in [1.82, 2.24) is 0 Å². The van der Waals surface area contributed by atoms with Gasteiger partial charge in [-0.15, -0.1) is 0 Å². The molecule has 4 rings (SSSR count). The zero-order chi connectivity index (χ0) is 22.6. The van der Waals surface area contributed by atoms with Crippen LogP contribution in [0.2, 0.25) is 0 Å². The van der Waals surface area contributed by atoms with Crippen LogP contribution >= 0.6 is 0 Å². The number of rotatable bonds is 7. The smallest absolute Gasteiger partial charge is 0.162 e. The van der Waals surface area contributed by atoms with Crippen molar-refractivity contribution in [2.75, 3.05) is 13.7 Å². The molecule has 5 heteroatoms. The number of benzene rings is 3. The first-order valence-electron chi connectivity index (χ1n) is 10.9. The van der Waals surface area contributed by atoms with E-state index < -0.39 is 30.2 Å². The first kappa shape index (κ1) is 22.6. The van der Waals surface area contributed by atoms with E-state index >= 15 is 0 Å². The van der Waals surface area contributed by atoms with E-state index in [1.807, 2.05) is 91.0 Å². The summed E-state index contributed by atoms with van der Waals surface area (Å²) in [7, 11) is 1.53. The van der Waals surface area contributed by atoms with Gasteiger partial charge in [-0.25, -0.2) is 0 Å². The number of aliphatic hydroxyl groups is 2. The topological polar surface area (TPSA) is 68.2 Å². The van der Waals surface area contributed by atoms with Crippen LogP contribution in [0.15, 0.2) is 91.0 Å². The SMILES string of the molecule is CO[C@H]1O[C@H](COC(c2ccccc2)(c2ccccc2)c2ccccc2)[C@@H](O)[C@@H](O)[C@@H]1C. The van der Waals surface area contributed by atoms with E-state index in [1.54, 1.807) is 6.92 Å². The summed E-state index contributed by atoms with van der Waals surface area (Å²) in [6, 6.07) is 30.0. The Bertz CT molecular complexity index is 864. The highest BCUT2D eigenvalue weighted by Crippen LogP contribution is 2.41. The Hall–Kier alpha value is -2.54. The summed E-state index contributed by atoms with van der Waals surface area (Å²) >= 11 is 0. The van der Waals surface area contributed by atoms with Gasteiger partial charge < -0.3 is 24.4 Å². The normalized spacial score (nSPS) is 26.1. The molecule has 168 valence electrons.